The van der Waals surface area contributed by atoms with E-state index in [9.17, 15) is 0 Å². The van der Waals surface area contributed by atoms with E-state index in [1.54, 1.807) is 4.68 Å². The standard InChI is InChI=1S/C9H18N4OS/c1-15-6-3-10-7-9-8-13(12-11-9)4-2-5-14/h8,10,14H,2-7H2,1H3. The minimum absolute atomic E-state index is 0.196. The van der Waals surface area contributed by atoms with E-state index in [0.29, 0.717) is 0 Å². The van der Waals surface area contributed by atoms with E-state index in [-0.39, 0.29) is 6.61 Å². The largest absolute Gasteiger partial charge is 0.396 e. The van der Waals surface area contributed by atoms with Crippen LogP contribution in [0.5, 0.6) is 0 Å². The number of aryl methyl sites for hydroxylation is 1. The summed E-state index contributed by atoms with van der Waals surface area (Å²) in [4.78, 5) is 0. The van der Waals surface area contributed by atoms with Gasteiger partial charge in [0.1, 0.15) is 0 Å². The van der Waals surface area contributed by atoms with Gasteiger partial charge in [-0.05, 0) is 12.7 Å². The Bertz CT molecular complexity index is 266. The van der Waals surface area contributed by atoms with Crippen LogP contribution in [0.2, 0.25) is 0 Å². The van der Waals surface area contributed by atoms with Crippen molar-refractivity contribution >= 4 is 11.8 Å². The molecule has 0 atom stereocenters. The van der Waals surface area contributed by atoms with Gasteiger partial charge in [0.15, 0.2) is 0 Å². The molecule has 1 rings (SSSR count). The molecule has 0 aromatic carbocycles. The Morgan fingerprint density at radius 1 is 1.60 bits per heavy atom. The van der Waals surface area contributed by atoms with E-state index < -0.39 is 0 Å². The lowest BCUT2D eigenvalue weighted by molar-refractivity contribution is 0.276. The molecule has 5 nitrogen and oxygen atoms in total. The topological polar surface area (TPSA) is 63.0 Å². The van der Waals surface area contributed by atoms with Crippen molar-refractivity contribution in [1.82, 2.24) is 20.3 Å². The van der Waals surface area contributed by atoms with Crippen LogP contribution in [0, 0.1) is 0 Å². The second-order valence-corrected chi connectivity index (χ2v) is 4.21. The Kier molecular flexibility index (Phi) is 6.38. The summed E-state index contributed by atoms with van der Waals surface area (Å²) in [6.07, 6.45) is 4.73. The molecule has 0 aliphatic heterocycles. The van der Waals surface area contributed by atoms with E-state index >= 15 is 0 Å². The number of aromatic nitrogens is 3. The first-order chi connectivity index (χ1) is 7.36. The maximum Gasteiger partial charge on any atom is 0.0964 e. The minimum Gasteiger partial charge on any atom is -0.396 e. The third-order valence-corrected chi connectivity index (χ3v) is 2.53. The van der Waals surface area contributed by atoms with Gasteiger partial charge in [-0.1, -0.05) is 5.21 Å². The molecule has 1 aromatic rings. The maximum atomic E-state index is 8.66. The third-order valence-electron chi connectivity index (χ3n) is 1.92. The minimum atomic E-state index is 0.196. The summed E-state index contributed by atoms with van der Waals surface area (Å²) in [6, 6.07) is 0. The normalized spacial score (nSPS) is 10.8. The van der Waals surface area contributed by atoms with E-state index in [1.165, 1.54) is 0 Å². The van der Waals surface area contributed by atoms with Gasteiger partial charge in [0.25, 0.3) is 0 Å². The molecule has 0 spiro atoms. The zero-order valence-corrected chi connectivity index (χ0v) is 9.83. The van der Waals surface area contributed by atoms with Crippen LogP contribution in [0.15, 0.2) is 6.20 Å². The van der Waals surface area contributed by atoms with E-state index in [4.69, 9.17) is 5.11 Å². The van der Waals surface area contributed by atoms with Crippen molar-refractivity contribution in [2.24, 2.45) is 0 Å². The lowest BCUT2D eigenvalue weighted by atomic mass is 10.4. The summed E-state index contributed by atoms with van der Waals surface area (Å²) in [6.45, 7) is 2.68. The lowest BCUT2D eigenvalue weighted by Gasteiger charge is -1.99. The molecule has 0 aliphatic carbocycles. The van der Waals surface area contributed by atoms with Crippen LogP contribution in [0.4, 0.5) is 0 Å². The summed E-state index contributed by atoms with van der Waals surface area (Å²) in [7, 11) is 0. The molecule has 6 heteroatoms. The van der Waals surface area contributed by atoms with Gasteiger partial charge >= 0.3 is 0 Å². The number of aliphatic hydroxyl groups is 1. The highest BCUT2D eigenvalue weighted by Gasteiger charge is 1.99. The fourth-order valence-corrected chi connectivity index (χ4v) is 1.50. The quantitative estimate of drug-likeness (QED) is 0.621. The molecule has 0 unspecified atom stereocenters. The molecule has 0 radical (unpaired) electrons. The first kappa shape index (κ1) is 12.5. The Labute approximate surface area is 94.2 Å². The third kappa shape index (κ3) is 5.15. The van der Waals surface area contributed by atoms with Crippen molar-refractivity contribution in [2.75, 3.05) is 25.2 Å². The first-order valence-corrected chi connectivity index (χ1v) is 6.45. The Balaban J connectivity index is 2.20. The van der Waals surface area contributed by atoms with Crippen LogP contribution in [-0.2, 0) is 13.1 Å². The number of hydrogen-bond acceptors (Lipinski definition) is 5. The van der Waals surface area contributed by atoms with Gasteiger partial charge < -0.3 is 10.4 Å². The second-order valence-electron chi connectivity index (χ2n) is 3.22. The second kappa shape index (κ2) is 7.67. The molecule has 1 aromatic heterocycles. The summed E-state index contributed by atoms with van der Waals surface area (Å²) in [5.41, 5.74) is 0.953. The molecule has 1 heterocycles. The van der Waals surface area contributed by atoms with Crippen LogP contribution in [0.1, 0.15) is 12.1 Å². The average Bonchev–Trinajstić information content (AvgIpc) is 2.69. The predicted octanol–water partition coefficient (Wildman–Crippen LogP) is 0.113. The van der Waals surface area contributed by atoms with Gasteiger partial charge in [0, 0.05) is 38.2 Å². The molecule has 0 aliphatic rings. The van der Waals surface area contributed by atoms with Gasteiger partial charge in [0.2, 0.25) is 0 Å². The van der Waals surface area contributed by atoms with Crippen LogP contribution in [-0.4, -0.2) is 45.3 Å². The molecule has 0 saturated heterocycles. The molecule has 0 bridgehead atoms. The van der Waals surface area contributed by atoms with Crippen molar-refractivity contribution in [3.05, 3.63) is 11.9 Å². The summed E-state index contributed by atoms with van der Waals surface area (Å²) in [5, 5.41) is 19.9. The van der Waals surface area contributed by atoms with Crippen LogP contribution in [0.25, 0.3) is 0 Å². The highest BCUT2D eigenvalue weighted by Crippen LogP contribution is 1.94. The zero-order valence-electron chi connectivity index (χ0n) is 9.02. The molecular formula is C9H18N4OS. The van der Waals surface area contributed by atoms with Crippen molar-refractivity contribution in [3.8, 4) is 0 Å². The number of nitrogens with zero attached hydrogens (tertiary/aromatic N) is 3. The fourth-order valence-electron chi connectivity index (χ4n) is 1.15. The molecular weight excluding hydrogens is 212 g/mol. The monoisotopic (exact) mass is 230 g/mol. The van der Waals surface area contributed by atoms with E-state index in [2.05, 4.69) is 21.9 Å². The predicted molar refractivity (Wildman–Crippen MR) is 61.8 cm³/mol. The van der Waals surface area contributed by atoms with Gasteiger partial charge in [-0.3, -0.25) is 4.68 Å². The van der Waals surface area contributed by atoms with Crippen LogP contribution in [0.3, 0.4) is 0 Å². The highest BCUT2D eigenvalue weighted by molar-refractivity contribution is 7.98. The smallest absolute Gasteiger partial charge is 0.0964 e. The maximum absolute atomic E-state index is 8.66. The summed E-state index contributed by atoms with van der Waals surface area (Å²) in [5.74, 6) is 1.11. The molecule has 2 N–H and O–H groups in total. The number of aliphatic hydroxyl groups excluding tert-OH is 1. The van der Waals surface area contributed by atoms with Gasteiger partial charge in [-0.25, -0.2) is 0 Å². The Hall–Kier alpha value is -0.590. The number of rotatable bonds is 8. The summed E-state index contributed by atoms with van der Waals surface area (Å²) < 4.78 is 1.77. The van der Waals surface area contributed by atoms with Crippen molar-refractivity contribution in [3.63, 3.8) is 0 Å². The van der Waals surface area contributed by atoms with E-state index in [1.807, 2.05) is 18.0 Å². The highest BCUT2D eigenvalue weighted by atomic mass is 32.2. The zero-order chi connectivity index (χ0) is 10.9. The molecule has 15 heavy (non-hydrogen) atoms. The average molecular weight is 230 g/mol. The van der Waals surface area contributed by atoms with Gasteiger partial charge in [-0.2, -0.15) is 11.8 Å². The SMILES string of the molecule is CSCCNCc1cn(CCCO)nn1. The first-order valence-electron chi connectivity index (χ1n) is 5.06. The lowest BCUT2D eigenvalue weighted by Crippen LogP contribution is -2.16. The van der Waals surface area contributed by atoms with Crippen molar-refractivity contribution in [1.29, 1.82) is 0 Å². The van der Waals surface area contributed by atoms with Crippen LogP contribution >= 0.6 is 11.8 Å². The fraction of sp³-hybridized carbons (Fsp3) is 0.778. The van der Waals surface area contributed by atoms with E-state index in [0.717, 1.165) is 37.5 Å². The molecule has 0 amide bonds. The Morgan fingerprint density at radius 2 is 2.47 bits per heavy atom. The summed E-state index contributed by atoms with van der Waals surface area (Å²) >= 11 is 1.82. The number of hydrogen-bond donors (Lipinski definition) is 2. The van der Waals surface area contributed by atoms with Gasteiger partial charge in [-0.15, -0.1) is 5.10 Å². The van der Waals surface area contributed by atoms with Gasteiger partial charge in [0.05, 0.1) is 5.69 Å². The van der Waals surface area contributed by atoms with Crippen molar-refractivity contribution in [2.45, 2.75) is 19.5 Å². The molecule has 86 valence electrons. The van der Waals surface area contributed by atoms with Crippen molar-refractivity contribution < 1.29 is 5.11 Å². The van der Waals surface area contributed by atoms with Crippen LogP contribution < -0.4 is 5.32 Å². The molecule has 0 saturated carbocycles. The number of thioether (sulfide) groups is 1. The Morgan fingerprint density at radius 3 is 3.20 bits per heavy atom. The number of nitrogens with one attached hydrogen (secondary N) is 1. The molecule has 0 fully saturated rings.